The normalized spacial score (nSPS) is 14.3. The van der Waals surface area contributed by atoms with Gasteiger partial charge in [-0.2, -0.15) is 9.78 Å². The second-order valence-electron chi connectivity index (χ2n) is 9.38. The molecule has 0 bridgehead atoms. The zero-order valence-corrected chi connectivity index (χ0v) is 22.8. The van der Waals surface area contributed by atoms with Crippen LogP contribution in [0.4, 0.5) is 4.39 Å². The maximum Gasteiger partial charge on any atom is 0.282 e. The first-order valence-corrected chi connectivity index (χ1v) is 13.7. The van der Waals surface area contributed by atoms with Crippen LogP contribution in [-0.4, -0.2) is 22.5 Å². The van der Waals surface area contributed by atoms with Gasteiger partial charge >= 0.3 is 0 Å². The van der Waals surface area contributed by atoms with Crippen molar-refractivity contribution in [3.8, 4) is 11.5 Å². The minimum absolute atomic E-state index is 0.183. The molecule has 0 atom stereocenters. The van der Waals surface area contributed by atoms with Gasteiger partial charge in [-0.05, 0) is 79.4 Å². The van der Waals surface area contributed by atoms with Crippen LogP contribution in [0, 0.1) is 5.82 Å². The first kappa shape index (κ1) is 26.1. The van der Waals surface area contributed by atoms with Crippen molar-refractivity contribution >= 4 is 33.0 Å². The number of ether oxygens (including phenoxy) is 2. The van der Waals surface area contributed by atoms with E-state index in [-0.39, 0.29) is 23.9 Å². The Kier molecular flexibility index (Phi) is 8.17. The Bertz CT molecular complexity index is 1510. The Hall–Kier alpha value is -3.52. The molecule has 1 aliphatic carbocycles. The monoisotopic (exact) mass is 577 g/mol. The fourth-order valence-electron chi connectivity index (χ4n) is 4.76. The maximum absolute atomic E-state index is 13.6. The van der Waals surface area contributed by atoms with Crippen molar-refractivity contribution in [1.82, 2.24) is 9.66 Å². The van der Waals surface area contributed by atoms with Gasteiger partial charge in [0.2, 0.25) is 0 Å². The fourth-order valence-corrected chi connectivity index (χ4v) is 5.12. The average Bonchev–Trinajstić information content (AvgIpc) is 2.94. The van der Waals surface area contributed by atoms with Gasteiger partial charge in [0.25, 0.3) is 5.56 Å². The van der Waals surface area contributed by atoms with Crippen LogP contribution in [0.3, 0.4) is 0 Å². The van der Waals surface area contributed by atoms with Crippen LogP contribution in [0.5, 0.6) is 11.5 Å². The van der Waals surface area contributed by atoms with Crippen LogP contribution in [0.1, 0.15) is 61.9 Å². The summed E-state index contributed by atoms with van der Waals surface area (Å²) >= 11 is 3.47. The number of rotatable bonds is 8. The van der Waals surface area contributed by atoms with Gasteiger partial charge in [0, 0.05) is 10.4 Å². The van der Waals surface area contributed by atoms with E-state index in [0.29, 0.717) is 34.8 Å². The molecular weight excluding hydrogens is 549 g/mol. The van der Waals surface area contributed by atoms with Gasteiger partial charge in [0.15, 0.2) is 11.5 Å². The Morgan fingerprint density at radius 2 is 1.82 bits per heavy atom. The van der Waals surface area contributed by atoms with E-state index in [1.165, 1.54) is 23.2 Å². The molecule has 196 valence electrons. The van der Waals surface area contributed by atoms with E-state index in [0.717, 1.165) is 41.3 Å². The molecule has 0 radical (unpaired) electrons. The Labute approximate surface area is 229 Å². The Morgan fingerprint density at radius 3 is 2.58 bits per heavy atom. The summed E-state index contributed by atoms with van der Waals surface area (Å²) in [5, 5.41) is 5.16. The van der Waals surface area contributed by atoms with E-state index >= 15 is 0 Å². The van der Waals surface area contributed by atoms with Crippen LogP contribution in [-0.2, 0) is 6.61 Å². The molecule has 0 unspecified atom stereocenters. The average molecular weight is 578 g/mol. The number of fused-ring (bicyclic) bond motifs is 1. The highest BCUT2D eigenvalue weighted by Crippen LogP contribution is 2.32. The first-order valence-electron chi connectivity index (χ1n) is 12.9. The third-order valence-electron chi connectivity index (χ3n) is 6.70. The van der Waals surface area contributed by atoms with Crippen molar-refractivity contribution in [1.29, 1.82) is 0 Å². The molecule has 4 aromatic rings. The van der Waals surface area contributed by atoms with Crippen LogP contribution in [0.2, 0.25) is 0 Å². The van der Waals surface area contributed by atoms with Crippen molar-refractivity contribution in [2.75, 3.05) is 6.61 Å². The first-order chi connectivity index (χ1) is 18.5. The molecule has 1 fully saturated rings. The number of halogens is 2. The lowest BCUT2D eigenvalue weighted by Gasteiger charge is -2.22. The molecule has 5 rings (SSSR count). The number of benzene rings is 3. The summed E-state index contributed by atoms with van der Waals surface area (Å²) in [6.07, 6.45) is 7.11. The van der Waals surface area contributed by atoms with E-state index in [1.807, 2.05) is 37.3 Å². The third kappa shape index (κ3) is 5.96. The van der Waals surface area contributed by atoms with Gasteiger partial charge in [-0.3, -0.25) is 4.79 Å². The maximum atomic E-state index is 13.6. The fraction of sp³-hybridized carbons (Fsp3) is 0.300. The number of hydrogen-bond acceptors (Lipinski definition) is 5. The molecule has 1 heterocycles. The lowest BCUT2D eigenvalue weighted by molar-refractivity contribution is 0.269. The Balaban J connectivity index is 1.46. The van der Waals surface area contributed by atoms with Crippen molar-refractivity contribution in [3.63, 3.8) is 0 Å². The molecule has 3 aromatic carbocycles. The molecule has 0 spiro atoms. The van der Waals surface area contributed by atoms with Crippen molar-refractivity contribution < 1.29 is 13.9 Å². The zero-order chi connectivity index (χ0) is 26.5. The molecule has 1 saturated carbocycles. The molecule has 1 aromatic heterocycles. The lowest BCUT2D eigenvalue weighted by atomic mass is 9.88. The zero-order valence-electron chi connectivity index (χ0n) is 21.2. The minimum atomic E-state index is -0.285. The van der Waals surface area contributed by atoms with Crippen LogP contribution < -0.4 is 15.0 Å². The summed E-state index contributed by atoms with van der Waals surface area (Å²) in [7, 11) is 0. The topological polar surface area (TPSA) is 65.7 Å². The van der Waals surface area contributed by atoms with Crippen molar-refractivity contribution in [3.05, 3.63) is 98.3 Å². The van der Waals surface area contributed by atoms with E-state index in [9.17, 15) is 9.18 Å². The van der Waals surface area contributed by atoms with Gasteiger partial charge in [-0.25, -0.2) is 9.37 Å². The second-order valence-corrected chi connectivity index (χ2v) is 10.3. The summed E-state index contributed by atoms with van der Waals surface area (Å²) < 4.78 is 27.3. The van der Waals surface area contributed by atoms with Gasteiger partial charge in [-0.1, -0.05) is 47.3 Å². The smallest absolute Gasteiger partial charge is 0.282 e. The third-order valence-corrected chi connectivity index (χ3v) is 7.19. The van der Waals surface area contributed by atoms with E-state index in [4.69, 9.17) is 14.5 Å². The largest absolute Gasteiger partial charge is 0.490 e. The highest BCUT2D eigenvalue weighted by Gasteiger charge is 2.22. The molecule has 6 nitrogen and oxygen atoms in total. The van der Waals surface area contributed by atoms with Gasteiger partial charge in [-0.15, -0.1) is 0 Å². The highest BCUT2D eigenvalue weighted by molar-refractivity contribution is 9.10. The summed E-state index contributed by atoms with van der Waals surface area (Å²) in [6.45, 7) is 2.65. The van der Waals surface area contributed by atoms with E-state index in [1.54, 1.807) is 24.4 Å². The molecule has 0 aliphatic heterocycles. The standard InChI is InChI=1S/C30H29BrFN3O3/c1-2-37-28-16-21(10-15-27(28)38-19-20-8-12-24(32)13-9-20)18-33-35-29(22-6-4-3-5-7-22)34-26-14-11-23(31)17-25(26)30(35)36/h8-18,22H,2-7,19H2,1H3. The van der Waals surface area contributed by atoms with Crippen molar-refractivity contribution in [2.45, 2.75) is 51.6 Å². The Morgan fingerprint density at radius 1 is 1.03 bits per heavy atom. The van der Waals surface area contributed by atoms with Gasteiger partial charge in [0.1, 0.15) is 18.2 Å². The van der Waals surface area contributed by atoms with Gasteiger partial charge in [0.05, 0.1) is 23.7 Å². The molecule has 0 N–H and O–H groups in total. The molecule has 0 saturated heterocycles. The summed E-state index contributed by atoms with van der Waals surface area (Å²) in [6, 6.07) is 17.3. The minimum Gasteiger partial charge on any atom is -0.490 e. The second kappa shape index (κ2) is 11.9. The van der Waals surface area contributed by atoms with Crippen LogP contribution >= 0.6 is 15.9 Å². The molecular formula is C30H29BrFN3O3. The van der Waals surface area contributed by atoms with Gasteiger partial charge < -0.3 is 9.47 Å². The predicted octanol–water partition coefficient (Wildman–Crippen LogP) is 7.21. The lowest BCUT2D eigenvalue weighted by Crippen LogP contribution is -2.25. The molecule has 0 amide bonds. The van der Waals surface area contributed by atoms with Crippen LogP contribution in [0.25, 0.3) is 10.9 Å². The van der Waals surface area contributed by atoms with Crippen LogP contribution in [0.15, 0.2) is 75.0 Å². The number of nitrogens with zero attached hydrogens (tertiary/aromatic N) is 3. The van der Waals surface area contributed by atoms with E-state index in [2.05, 4.69) is 21.0 Å². The predicted molar refractivity (Wildman–Crippen MR) is 151 cm³/mol. The quantitative estimate of drug-likeness (QED) is 0.207. The summed E-state index contributed by atoms with van der Waals surface area (Å²) in [4.78, 5) is 18.4. The molecule has 1 aliphatic rings. The SMILES string of the molecule is CCOc1cc(C=Nn2c(C3CCCCC3)nc3ccc(Br)cc3c2=O)ccc1OCc1ccc(F)cc1. The summed E-state index contributed by atoms with van der Waals surface area (Å²) in [5.74, 6) is 1.77. The molecule has 38 heavy (non-hydrogen) atoms. The number of hydrogen-bond donors (Lipinski definition) is 0. The van der Waals surface area contributed by atoms with E-state index < -0.39 is 0 Å². The summed E-state index contributed by atoms with van der Waals surface area (Å²) in [5.41, 5.74) is 2.12. The number of aromatic nitrogens is 2. The van der Waals surface area contributed by atoms with Crippen molar-refractivity contribution in [2.24, 2.45) is 5.10 Å². The molecule has 8 heteroatoms. The highest BCUT2D eigenvalue weighted by atomic mass is 79.9.